The third-order valence-corrected chi connectivity index (χ3v) is 3.67. The van der Waals surface area contributed by atoms with Crippen LogP contribution in [0.4, 0.5) is 11.4 Å². The lowest BCUT2D eigenvalue weighted by Crippen LogP contribution is -2.32. The lowest BCUT2D eigenvalue weighted by molar-refractivity contribution is -0.394. The van der Waals surface area contributed by atoms with E-state index in [0.717, 1.165) is 31.0 Å². The zero-order valence-corrected chi connectivity index (χ0v) is 12.8. The standard InChI is InChI=1S/C14H16N4O6/c19-13(16-5-1-2-6-16)3-4-15-14(20)10-7-11(17(21)22)9-12(8-10)18(23)24/h7-9H,1-6H2,(H,15,20). The van der Waals surface area contributed by atoms with Crippen molar-refractivity contribution in [1.29, 1.82) is 0 Å². The van der Waals surface area contributed by atoms with Crippen molar-refractivity contribution in [2.24, 2.45) is 0 Å². The lowest BCUT2D eigenvalue weighted by atomic mass is 10.1. The van der Waals surface area contributed by atoms with E-state index in [2.05, 4.69) is 5.32 Å². The van der Waals surface area contributed by atoms with Gasteiger partial charge in [0.2, 0.25) is 5.91 Å². The predicted octanol–water partition coefficient (Wildman–Crippen LogP) is 1.25. The normalized spacial score (nSPS) is 13.6. The molecule has 10 heteroatoms. The van der Waals surface area contributed by atoms with Crippen molar-refractivity contribution in [2.45, 2.75) is 19.3 Å². The summed E-state index contributed by atoms with van der Waals surface area (Å²) in [6.45, 7) is 1.48. The Bertz CT molecular complexity index is 652. The summed E-state index contributed by atoms with van der Waals surface area (Å²) in [5.41, 5.74) is -1.27. The van der Waals surface area contributed by atoms with E-state index in [1.54, 1.807) is 4.90 Å². The number of amides is 2. The van der Waals surface area contributed by atoms with Gasteiger partial charge in [0, 0.05) is 38.2 Å². The SMILES string of the molecule is O=C(NCCC(=O)N1CCCC1)c1cc([N+](=O)[O-])cc([N+](=O)[O-])c1. The van der Waals surface area contributed by atoms with E-state index < -0.39 is 27.1 Å². The van der Waals surface area contributed by atoms with Crippen LogP contribution in [0.15, 0.2) is 18.2 Å². The third-order valence-electron chi connectivity index (χ3n) is 3.67. The van der Waals surface area contributed by atoms with E-state index in [4.69, 9.17) is 0 Å². The minimum Gasteiger partial charge on any atom is -0.352 e. The maximum absolute atomic E-state index is 12.0. The highest BCUT2D eigenvalue weighted by Gasteiger charge is 2.21. The smallest absolute Gasteiger partial charge is 0.277 e. The summed E-state index contributed by atoms with van der Waals surface area (Å²) in [6, 6.07) is 2.71. The summed E-state index contributed by atoms with van der Waals surface area (Å²) >= 11 is 0. The van der Waals surface area contributed by atoms with Crippen molar-refractivity contribution in [3.8, 4) is 0 Å². The fourth-order valence-corrected chi connectivity index (χ4v) is 2.45. The Morgan fingerprint density at radius 2 is 1.58 bits per heavy atom. The molecule has 0 unspecified atom stereocenters. The molecular weight excluding hydrogens is 320 g/mol. The number of nitrogens with zero attached hydrogens (tertiary/aromatic N) is 3. The average Bonchev–Trinajstić information content (AvgIpc) is 3.08. The molecule has 10 nitrogen and oxygen atoms in total. The first-order valence-electron chi connectivity index (χ1n) is 7.38. The zero-order chi connectivity index (χ0) is 17.7. The number of likely N-dealkylation sites (tertiary alicyclic amines) is 1. The second kappa shape index (κ2) is 7.49. The third kappa shape index (κ3) is 4.24. The number of carbonyl (C=O) groups is 2. The molecule has 0 spiro atoms. The van der Waals surface area contributed by atoms with Crippen LogP contribution in [0.5, 0.6) is 0 Å². The van der Waals surface area contributed by atoms with E-state index in [-0.39, 0.29) is 24.4 Å². The van der Waals surface area contributed by atoms with Gasteiger partial charge in [-0.05, 0) is 12.8 Å². The van der Waals surface area contributed by atoms with Gasteiger partial charge in [-0.2, -0.15) is 0 Å². The largest absolute Gasteiger partial charge is 0.352 e. The number of rotatable bonds is 6. The molecular formula is C14H16N4O6. The number of hydrogen-bond donors (Lipinski definition) is 1. The minimum atomic E-state index is -0.805. The molecule has 1 aliphatic heterocycles. The molecule has 1 aromatic carbocycles. The summed E-state index contributed by atoms with van der Waals surface area (Å²) in [5.74, 6) is -0.770. The Kier molecular flexibility index (Phi) is 5.40. The van der Waals surface area contributed by atoms with Gasteiger partial charge in [-0.15, -0.1) is 0 Å². The summed E-state index contributed by atoms with van der Waals surface area (Å²) in [7, 11) is 0. The van der Waals surface area contributed by atoms with Crippen molar-refractivity contribution in [3.05, 3.63) is 44.0 Å². The molecule has 0 aromatic heterocycles. The predicted molar refractivity (Wildman–Crippen MR) is 82.5 cm³/mol. The molecule has 1 saturated heterocycles. The average molecular weight is 336 g/mol. The Labute approximate surface area is 136 Å². The Morgan fingerprint density at radius 3 is 2.08 bits per heavy atom. The summed E-state index contributed by atoms with van der Waals surface area (Å²) < 4.78 is 0. The maximum atomic E-state index is 12.0. The summed E-state index contributed by atoms with van der Waals surface area (Å²) in [5, 5.41) is 24.1. The first kappa shape index (κ1) is 17.3. The Balaban J connectivity index is 1.99. The number of non-ortho nitro benzene ring substituents is 2. The highest BCUT2D eigenvalue weighted by atomic mass is 16.6. The van der Waals surface area contributed by atoms with Gasteiger partial charge in [-0.1, -0.05) is 0 Å². The molecule has 24 heavy (non-hydrogen) atoms. The summed E-state index contributed by atoms with van der Waals surface area (Å²) in [6.07, 6.45) is 2.05. The molecule has 0 atom stereocenters. The van der Waals surface area contributed by atoms with Crippen molar-refractivity contribution >= 4 is 23.2 Å². The Hall–Kier alpha value is -3.04. The fourth-order valence-electron chi connectivity index (χ4n) is 2.45. The van der Waals surface area contributed by atoms with Crippen molar-refractivity contribution in [3.63, 3.8) is 0 Å². The van der Waals surface area contributed by atoms with Crippen molar-refractivity contribution in [1.82, 2.24) is 10.2 Å². The van der Waals surface area contributed by atoms with E-state index in [1.165, 1.54) is 0 Å². The molecule has 1 fully saturated rings. The number of nitro groups is 2. The number of nitro benzene ring substituents is 2. The monoisotopic (exact) mass is 336 g/mol. The first-order chi connectivity index (χ1) is 11.4. The molecule has 1 heterocycles. The van der Waals surface area contributed by atoms with Crippen LogP contribution in [0, 0.1) is 20.2 Å². The first-order valence-corrected chi connectivity index (χ1v) is 7.38. The molecule has 1 aromatic rings. The molecule has 1 aliphatic rings. The van der Waals surface area contributed by atoms with Crippen LogP contribution in [-0.2, 0) is 4.79 Å². The van der Waals surface area contributed by atoms with Gasteiger partial charge in [-0.3, -0.25) is 29.8 Å². The van der Waals surface area contributed by atoms with E-state index in [9.17, 15) is 29.8 Å². The van der Waals surface area contributed by atoms with Gasteiger partial charge in [0.25, 0.3) is 17.3 Å². The maximum Gasteiger partial charge on any atom is 0.277 e. The molecule has 0 saturated carbocycles. The van der Waals surface area contributed by atoms with Crippen LogP contribution in [0.2, 0.25) is 0 Å². The van der Waals surface area contributed by atoms with Crippen molar-refractivity contribution < 1.29 is 19.4 Å². The van der Waals surface area contributed by atoms with E-state index in [1.807, 2.05) is 0 Å². The van der Waals surface area contributed by atoms with E-state index >= 15 is 0 Å². The van der Waals surface area contributed by atoms with Gasteiger partial charge >= 0.3 is 0 Å². The summed E-state index contributed by atoms with van der Waals surface area (Å²) in [4.78, 5) is 45.6. The molecule has 0 radical (unpaired) electrons. The highest BCUT2D eigenvalue weighted by Crippen LogP contribution is 2.22. The van der Waals surface area contributed by atoms with E-state index in [0.29, 0.717) is 13.1 Å². The number of nitrogens with one attached hydrogen (secondary N) is 1. The number of benzene rings is 1. The molecule has 0 bridgehead atoms. The minimum absolute atomic E-state index is 0.0602. The molecule has 128 valence electrons. The second-order valence-electron chi connectivity index (χ2n) is 5.35. The topological polar surface area (TPSA) is 136 Å². The van der Waals surface area contributed by atoms with Crippen LogP contribution in [0.3, 0.4) is 0 Å². The fraction of sp³-hybridized carbons (Fsp3) is 0.429. The van der Waals surface area contributed by atoms with Crippen LogP contribution in [0.25, 0.3) is 0 Å². The van der Waals surface area contributed by atoms with Crippen LogP contribution >= 0.6 is 0 Å². The molecule has 2 amide bonds. The van der Waals surface area contributed by atoms with Gasteiger partial charge in [0.1, 0.15) is 0 Å². The molecule has 0 aliphatic carbocycles. The number of carbonyl (C=O) groups excluding carboxylic acids is 2. The molecule has 1 N–H and O–H groups in total. The highest BCUT2D eigenvalue weighted by molar-refractivity contribution is 5.95. The second-order valence-corrected chi connectivity index (χ2v) is 5.35. The quantitative estimate of drug-likeness (QED) is 0.613. The van der Waals surface area contributed by atoms with Gasteiger partial charge in [0.15, 0.2) is 0 Å². The van der Waals surface area contributed by atoms with Gasteiger partial charge < -0.3 is 10.2 Å². The van der Waals surface area contributed by atoms with Crippen molar-refractivity contribution in [2.75, 3.05) is 19.6 Å². The van der Waals surface area contributed by atoms with Crippen LogP contribution < -0.4 is 5.32 Å². The zero-order valence-electron chi connectivity index (χ0n) is 12.8. The molecule has 2 rings (SSSR count). The number of hydrogen-bond acceptors (Lipinski definition) is 6. The van der Waals surface area contributed by atoms with Crippen LogP contribution in [0.1, 0.15) is 29.6 Å². The Morgan fingerprint density at radius 1 is 1.04 bits per heavy atom. The lowest BCUT2D eigenvalue weighted by Gasteiger charge is -2.15. The van der Waals surface area contributed by atoms with Gasteiger partial charge in [0.05, 0.1) is 21.5 Å². The van der Waals surface area contributed by atoms with Crippen LogP contribution in [-0.4, -0.2) is 46.2 Å². The van der Waals surface area contributed by atoms with Gasteiger partial charge in [-0.25, -0.2) is 0 Å².